The maximum absolute atomic E-state index is 12.7. The summed E-state index contributed by atoms with van der Waals surface area (Å²) >= 11 is 3.31. The number of carbonyl (C=O) groups is 1. The van der Waals surface area contributed by atoms with Crippen molar-refractivity contribution in [1.82, 2.24) is 14.6 Å². The molecular formula is C15H24N4O2S2. The summed E-state index contributed by atoms with van der Waals surface area (Å²) in [6.07, 6.45) is 1.12. The monoisotopic (exact) mass is 356 g/mol. The van der Waals surface area contributed by atoms with Gasteiger partial charge in [0.1, 0.15) is 5.00 Å². The van der Waals surface area contributed by atoms with Gasteiger partial charge in [-0.05, 0) is 30.6 Å². The summed E-state index contributed by atoms with van der Waals surface area (Å²) in [4.78, 5) is 15.2. The van der Waals surface area contributed by atoms with E-state index in [1.165, 1.54) is 11.5 Å². The van der Waals surface area contributed by atoms with Crippen molar-refractivity contribution in [3.05, 3.63) is 11.3 Å². The number of anilines is 1. The Bertz CT molecular complexity index is 552. The first-order chi connectivity index (χ1) is 11.2. The summed E-state index contributed by atoms with van der Waals surface area (Å²) < 4.78 is 9.77. The lowest BCUT2D eigenvalue weighted by atomic mass is 9.95. The molecule has 1 aromatic rings. The highest BCUT2D eigenvalue weighted by Crippen LogP contribution is 2.34. The maximum Gasteiger partial charge on any atom is 0.256 e. The first-order valence-corrected chi connectivity index (χ1v) is 9.92. The standard InChI is InChI=1S/C15H24N4O2S2/c1-11-12(14(16-2)23-18-11)13(20)17-9-15(3-8-22-10-15)19-4-6-21-7-5-19/h16H,3-10H2,1-2H3,(H,17,20). The van der Waals surface area contributed by atoms with Gasteiger partial charge in [0.2, 0.25) is 0 Å². The van der Waals surface area contributed by atoms with Crippen molar-refractivity contribution in [2.75, 3.05) is 56.7 Å². The van der Waals surface area contributed by atoms with Gasteiger partial charge in [-0.1, -0.05) is 0 Å². The van der Waals surface area contributed by atoms with Crippen LogP contribution in [-0.2, 0) is 4.74 Å². The summed E-state index contributed by atoms with van der Waals surface area (Å²) in [5, 5.41) is 7.07. The second kappa shape index (κ2) is 7.38. The van der Waals surface area contributed by atoms with Crippen LogP contribution < -0.4 is 10.6 Å². The molecular weight excluding hydrogens is 332 g/mol. The predicted molar refractivity (Wildman–Crippen MR) is 95.8 cm³/mol. The molecule has 2 N–H and O–H groups in total. The maximum atomic E-state index is 12.7. The predicted octanol–water partition coefficient (Wildman–Crippen LogP) is 1.43. The van der Waals surface area contributed by atoms with Crippen LogP contribution >= 0.6 is 23.3 Å². The number of nitrogens with zero attached hydrogens (tertiary/aromatic N) is 2. The zero-order valence-corrected chi connectivity index (χ0v) is 15.3. The molecule has 0 radical (unpaired) electrons. The van der Waals surface area contributed by atoms with Crippen LogP contribution in [0.15, 0.2) is 0 Å². The summed E-state index contributed by atoms with van der Waals surface area (Å²) in [7, 11) is 1.83. The fourth-order valence-corrected chi connectivity index (χ4v) is 5.50. The molecule has 0 spiro atoms. The Morgan fingerprint density at radius 1 is 1.43 bits per heavy atom. The third-order valence-electron chi connectivity index (χ3n) is 4.66. The van der Waals surface area contributed by atoms with Gasteiger partial charge < -0.3 is 15.4 Å². The quantitative estimate of drug-likeness (QED) is 0.832. The number of thioether (sulfide) groups is 1. The normalized spacial score (nSPS) is 25.5. The minimum absolute atomic E-state index is 0.0230. The smallest absolute Gasteiger partial charge is 0.256 e. The molecule has 0 saturated carbocycles. The van der Waals surface area contributed by atoms with E-state index in [9.17, 15) is 4.79 Å². The highest BCUT2D eigenvalue weighted by molar-refractivity contribution is 7.99. The van der Waals surface area contributed by atoms with E-state index in [1.54, 1.807) is 0 Å². The van der Waals surface area contributed by atoms with E-state index in [-0.39, 0.29) is 11.4 Å². The SMILES string of the molecule is CNc1snc(C)c1C(=O)NCC1(N2CCOCC2)CCSC1. The Morgan fingerprint density at radius 2 is 2.22 bits per heavy atom. The highest BCUT2D eigenvalue weighted by Gasteiger charge is 2.41. The second-order valence-electron chi connectivity index (χ2n) is 6.03. The zero-order chi connectivity index (χ0) is 16.3. The molecule has 0 aliphatic carbocycles. The molecule has 1 unspecified atom stereocenters. The molecule has 1 atom stereocenters. The number of nitrogens with one attached hydrogen (secondary N) is 2. The van der Waals surface area contributed by atoms with Crippen molar-refractivity contribution in [2.45, 2.75) is 18.9 Å². The fraction of sp³-hybridized carbons (Fsp3) is 0.733. The van der Waals surface area contributed by atoms with E-state index >= 15 is 0 Å². The van der Waals surface area contributed by atoms with Crippen LogP contribution in [0, 0.1) is 6.92 Å². The molecule has 2 aliphatic rings. The zero-order valence-electron chi connectivity index (χ0n) is 13.7. The number of carbonyl (C=O) groups excluding carboxylic acids is 1. The number of morpholine rings is 1. The van der Waals surface area contributed by atoms with E-state index in [0.717, 1.165) is 54.9 Å². The Kier molecular flexibility index (Phi) is 5.45. The molecule has 23 heavy (non-hydrogen) atoms. The van der Waals surface area contributed by atoms with Crippen LogP contribution in [0.3, 0.4) is 0 Å². The number of rotatable bonds is 5. The molecule has 3 rings (SSSR count). The molecule has 6 nitrogen and oxygen atoms in total. The first kappa shape index (κ1) is 17.0. The van der Waals surface area contributed by atoms with Gasteiger partial charge in [-0.2, -0.15) is 16.1 Å². The summed E-state index contributed by atoms with van der Waals surface area (Å²) in [5.41, 5.74) is 1.54. The number of aromatic nitrogens is 1. The molecule has 128 valence electrons. The van der Waals surface area contributed by atoms with Crippen LogP contribution in [0.5, 0.6) is 0 Å². The van der Waals surface area contributed by atoms with Crippen LogP contribution in [0.25, 0.3) is 0 Å². The number of amides is 1. The molecule has 3 heterocycles. The van der Waals surface area contributed by atoms with Gasteiger partial charge in [0.15, 0.2) is 0 Å². The topological polar surface area (TPSA) is 66.5 Å². The van der Waals surface area contributed by atoms with Crippen molar-refractivity contribution in [3.63, 3.8) is 0 Å². The van der Waals surface area contributed by atoms with E-state index in [1.807, 2.05) is 25.7 Å². The molecule has 2 saturated heterocycles. The van der Waals surface area contributed by atoms with E-state index in [2.05, 4.69) is 19.9 Å². The minimum Gasteiger partial charge on any atom is -0.379 e. The van der Waals surface area contributed by atoms with Crippen LogP contribution in [-0.4, -0.2) is 72.1 Å². The second-order valence-corrected chi connectivity index (χ2v) is 7.91. The Labute approximate surface area is 145 Å². The van der Waals surface area contributed by atoms with Crippen molar-refractivity contribution >= 4 is 34.2 Å². The average molecular weight is 357 g/mol. The number of hydrogen-bond acceptors (Lipinski definition) is 7. The molecule has 2 aliphatic heterocycles. The number of aryl methyl sites for hydroxylation is 1. The van der Waals surface area contributed by atoms with Crippen LogP contribution in [0.2, 0.25) is 0 Å². The van der Waals surface area contributed by atoms with Gasteiger partial charge >= 0.3 is 0 Å². The lowest BCUT2D eigenvalue weighted by Gasteiger charge is -2.43. The van der Waals surface area contributed by atoms with Gasteiger partial charge in [-0.3, -0.25) is 9.69 Å². The Morgan fingerprint density at radius 3 is 2.87 bits per heavy atom. The van der Waals surface area contributed by atoms with Gasteiger partial charge in [-0.15, -0.1) is 0 Å². The van der Waals surface area contributed by atoms with E-state index < -0.39 is 0 Å². The van der Waals surface area contributed by atoms with Crippen LogP contribution in [0.1, 0.15) is 22.5 Å². The average Bonchev–Trinajstić information content (AvgIpc) is 3.21. The molecule has 0 aromatic carbocycles. The van der Waals surface area contributed by atoms with Gasteiger partial charge in [0, 0.05) is 38.0 Å². The van der Waals surface area contributed by atoms with Gasteiger partial charge in [0.05, 0.1) is 24.5 Å². The first-order valence-electron chi connectivity index (χ1n) is 7.99. The Hall–Kier alpha value is -0.830. The third kappa shape index (κ3) is 3.50. The summed E-state index contributed by atoms with van der Waals surface area (Å²) in [6, 6.07) is 0. The lowest BCUT2D eigenvalue weighted by Crippen LogP contribution is -2.59. The van der Waals surface area contributed by atoms with Crippen molar-refractivity contribution in [3.8, 4) is 0 Å². The minimum atomic E-state index is -0.0230. The molecule has 0 bridgehead atoms. The highest BCUT2D eigenvalue weighted by atomic mass is 32.2. The third-order valence-corrected chi connectivity index (χ3v) is 6.85. The fourth-order valence-electron chi connectivity index (χ4n) is 3.28. The van der Waals surface area contributed by atoms with Crippen LogP contribution in [0.4, 0.5) is 5.00 Å². The van der Waals surface area contributed by atoms with E-state index in [4.69, 9.17) is 4.74 Å². The summed E-state index contributed by atoms with van der Waals surface area (Å²) in [6.45, 7) is 6.07. The van der Waals surface area contributed by atoms with Gasteiger partial charge in [-0.25, -0.2) is 0 Å². The van der Waals surface area contributed by atoms with Crippen molar-refractivity contribution < 1.29 is 9.53 Å². The van der Waals surface area contributed by atoms with E-state index in [0.29, 0.717) is 12.1 Å². The molecule has 8 heteroatoms. The van der Waals surface area contributed by atoms with Gasteiger partial charge in [0.25, 0.3) is 5.91 Å². The van der Waals surface area contributed by atoms with Crippen molar-refractivity contribution in [2.24, 2.45) is 0 Å². The molecule has 1 amide bonds. The number of ether oxygens (including phenoxy) is 1. The lowest BCUT2D eigenvalue weighted by molar-refractivity contribution is -0.0129. The number of hydrogen-bond donors (Lipinski definition) is 2. The molecule has 2 fully saturated rings. The molecule has 1 aromatic heterocycles. The van der Waals surface area contributed by atoms with Crippen molar-refractivity contribution in [1.29, 1.82) is 0 Å². The summed E-state index contributed by atoms with van der Waals surface area (Å²) in [5.74, 6) is 2.21. The Balaban J connectivity index is 1.69. The largest absolute Gasteiger partial charge is 0.379 e.